The SMILES string of the molecule is Cc1cncc(-c2cnc(N)c(C(F)(F)F)n2)c1. The van der Waals surface area contributed by atoms with Crippen molar-refractivity contribution in [2.45, 2.75) is 13.1 Å². The van der Waals surface area contributed by atoms with Crippen LogP contribution in [0.15, 0.2) is 24.7 Å². The summed E-state index contributed by atoms with van der Waals surface area (Å²) in [6, 6.07) is 1.67. The first kappa shape index (κ1) is 12.3. The molecule has 0 saturated carbocycles. The van der Waals surface area contributed by atoms with E-state index in [1.54, 1.807) is 19.2 Å². The number of pyridine rings is 1. The number of hydrogen-bond acceptors (Lipinski definition) is 4. The lowest BCUT2D eigenvalue weighted by Crippen LogP contribution is -2.13. The molecular formula is C11H9F3N4. The van der Waals surface area contributed by atoms with Gasteiger partial charge in [0.1, 0.15) is 0 Å². The molecule has 0 radical (unpaired) electrons. The zero-order valence-electron chi connectivity index (χ0n) is 9.36. The van der Waals surface area contributed by atoms with Gasteiger partial charge in [-0.25, -0.2) is 9.97 Å². The molecule has 0 bridgehead atoms. The molecule has 2 aromatic rings. The third-order valence-electron chi connectivity index (χ3n) is 2.24. The molecule has 0 aliphatic carbocycles. The Bertz CT molecular complexity index is 581. The zero-order valence-corrected chi connectivity index (χ0v) is 9.36. The molecule has 0 atom stereocenters. The zero-order chi connectivity index (χ0) is 13.3. The van der Waals surface area contributed by atoms with Gasteiger partial charge >= 0.3 is 6.18 Å². The van der Waals surface area contributed by atoms with Gasteiger partial charge in [-0.3, -0.25) is 4.98 Å². The van der Waals surface area contributed by atoms with Gasteiger partial charge in [0.25, 0.3) is 0 Å². The van der Waals surface area contributed by atoms with Crippen LogP contribution >= 0.6 is 0 Å². The van der Waals surface area contributed by atoms with Crippen LogP contribution in [0, 0.1) is 6.92 Å². The van der Waals surface area contributed by atoms with Crippen molar-refractivity contribution in [1.82, 2.24) is 15.0 Å². The minimum atomic E-state index is -4.62. The van der Waals surface area contributed by atoms with E-state index in [0.29, 0.717) is 5.56 Å². The molecule has 0 saturated heterocycles. The predicted molar refractivity (Wildman–Crippen MR) is 59.4 cm³/mol. The molecule has 0 aliphatic rings. The van der Waals surface area contributed by atoms with E-state index in [4.69, 9.17) is 5.73 Å². The number of rotatable bonds is 1. The average Bonchev–Trinajstić information content (AvgIpc) is 2.28. The fourth-order valence-electron chi connectivity index (χ4n) is 1.44. The van der Waals surface area contributed by atoms with Crippen molar-refractivity contribution in [3.05, 3.63) is 35.9 Å². The molecule has 2 aromatic heterocycles. The third-order valence-corrected chi connectivity index (χ3v) is 2.24. The molecule has 18 heavy (non-hydrogen) atoms. The molecule has 94 valence electrons. The van der Waals surface area contributed by atoms with E-state index in [2.05, 4.69) is 15.0 Å². The summed E-state index contributed by atoms with van der Waals surface area (Å²) in [6.45, 7) is 1.78. The van der Waals surface area contributed by atoms with E-state index in [1.165, 1.54) is 12.4 Å². The largest absolute Gasteiger partial charge is 0.437 e. The Hall–Kier alpha value is -2.18. The van der Waals surface area contributed by atoms with E-state index < -0.39 is 17.7 Å². The monoisotopic (exact) mass is 254 g/mol. The lowest BCUT2D eigenvalue weighted by Gasteiger charge is -2.09. The summed E-state index contributed by atoms with van der Waals surface area (Å²) in [5, 5.41) is 0. The summed E-state index contributed by atoms with van der Waals surface area (Å²) >= 11 is 0. The maximum Gasteiger partial charge on any atom is 0.437 e. The van der Waals surface area contributed by atoms with E-state index in [1.807, 2.05) is 0 Å². The van der Waals surface area contributed by atoms with Crippen LogP contribution in [0.4, 0.5) is 19.0 Å². The Balaban J connectivity index is 2.54. The summed E-state index contributed by atoms with van der Waals surface area (Å²) < 4.78 is 37.9. The molecule has 0 unspecified atom stereocenters. The molecular weight excluding hydrogens is 245 g/mol. The van der Waals surface area contributed by atoms with Crippen LogP contribution in [-0.4, -0.2) is 15.0 Å². The first-order valence-electron chi connectivity index (χ1n) is 4.99. The highest BCUT2D eigenvalue weighted by Crippen LogP contribution is 2.32. The van der Waals surface area contributed by atoms with Crippen LogP contribution in [-0.2, 0) is 6.18 Å². The summed E-state index contributed by atoms with van der Waals surface area (Å²) in [7, 11) is 0. The summed E-state index contributed by atoms with van der Waals surface area (Å²) in [6.07, 6.45) is -0.405. The number of anilines is 1. The smallest absolute Gasteiger partial charge is 0.382 e. The highest BCUT2D eigenvalue weighted by atomic mass is 19.4. The molecule has 0 aromatic carbocycles. The van der Waals surface area contributed by atoms with Crippen molar-refractivity contribution < 1.29 is 13.2 Å². The van der Waals surface area contributed by atoms with Gasteiger partial charge in [-0.2, -0.15) is 13.2 Å². The van der Waals surface area contributed by atoms with Gasteiger partial charge in [0, 0.05) is 18.0 Å². The Labute approximate surface area is 101 Å². The molecule has 7 heteroatoms. The maximum absolute atomic E-state index is 12.6. The van der Waals surface area contributed by atoms with Crippen LogP contribution in [0.25, 0.3) is 11.3 Å². The van der Waals surface area contributed by atoms with Crippen LogP contribution in [0.2, 0.25) is 0 Å². The van der Waals surface area contributed by atoms with Crippen molar-refractivity contribution >= 4 is 5.82 Å². The Kier molecular flexibility index (Phi) is 2.90. The van der Waals surface area contributed by atoms with Crippen LogP contribution in [0.3, 0.4) is 0 Å². The summed E-state index contributed by atoms with van der Waals surface area (Å²) in [5.74, 6) is -0.633. The predicted octanol–water partition coefficient (Wildman–Crippen LogP) is 2.45. The minimum absolute atomic E-state index is 0.0905. The molecule has 2 N–H and O–H groups in total. The van der Waals surface area contributed by atoms with Gasteiger partial charge < -0.3 is 5.73 Å². The number of alkyl halides is 3. The molecule has 4 nitrogen and oxygen atoms in total. The van der Waals surface area contributed by atoms with Crippen molar-refractivity contribution in [2.75, 3.05) is 5.73 Å². The van der Waals surface area contributed by atoms with Gasteiger partial charge in [0.05, 0.1) is 11.9 Å². The molecule has 0 spiro atoms. The highest BCUT2D eigenvalue weighted by Gasteiger charge is 2.36. The number of nitrogen functional groups attached to an aromatic ring is 1. The van der Waals surface area contributed by atoms with Crippen molar-refractivity contribution in [3.63, 3.8) is 0 Å². The van der Waals surface area contributed by atoms with Gasteiger partial charge in [-0.15, -0.1) is 0 Å². The lowest BCUT2D eigenvalue weighted by molar-refractivity contribution is -0.140. The number of aromatic nitrogens is 3. The average molecular weight is 254 g/mol. The highest BCUT2D eigenvalue weighted by molar-refractivity contribution is 5.59. The van der Waals surface area contributed by atoms with Gasteiger partial charge in [-0.1, -0.05) is 0 Å². The number of aryl methyl sites for hydroxylation is 1. The first-order chi connectivity index (χ1) is 8.38. The van der Waals surface area contributed by atoms with Gasteiger partial charge in [0.2, 0.25) is 0 Å². The second-order valence-corrected chi connectivity index (χ2v) is 3.74. The second kappa shape index (κ2) is 4.25. The van der Waals surface area contributed by atoms with Crippen LogP contribution in [0.5, 0.6) is 0 Å². The second-order valence-electron chi connectivity index (χ2n) is 3.74. The Morgan fingerprint density at radius 2 is 1.89 bits per heavy atom. The molecule has 2 heterocycles. The van der Waals surface area contributed by atoms with Crippen LogP contribution < -0.4 is 5.73 Å². The van der Waals surface area contributed by atoms with E-state index in [-0.39, 0.29) is 5.69 Å². The number of nitrogens with two attached hydrogens (primary N) is 1. The Morgan fingerprint density at radius 1 is 1.17 bits per heavy atom. The van der Waals surface area contributed by atoms with Crippen LogP contribution in [0.1, 0.15) is 11.3 Å². The minimum Gasteiger partial charge on any atom is -0.382 e. The molecule has 0 aliphatic heterocycles. The van der Waals surface area contributed by atoms with Crippen molar-refractivity contribution in [3.8, 4) is 11.3 Å². The van der Waals surface area contributed by atoms with E-state index in [9.17, 15) is 13.2 Å². The lowest BCUT2D eigenvalue weighted by atomic mass is 10.1. The normalized spacial score (nSPS) is 11.6. The molecule has 2 rings (SSSR count). The number of halogens is 3. The summed E-state index contributed by atoms with van der Waals surface area (Å²) in [5.41, 5.74) is 5.37. The van der Waals surface area contributed by atoms with Crippen molar-refractivity contribution in [1.29, 1.82) is 0 Å². The number of hydrogen-bond donors (Lipinski definition) is 1. The van der Waals surface area contributed by atoms with Gasteiger partial charge in [-0.05, 0) is 18.6 Å². The fraction of sp³-hybridized carbons (Fsp3) is 0.182. The van der Waals surface area contributed by atoms with Gasteiger partial charge in [0.15, 0.2) is 11.5 Å². The summed E-state index contributed by atoms with van der Waals surface area (Å²) in [4.78, 5) is 10.9. The maximum atomic E-state index is 12.6. The first-order valence-corrected chi connectivity index (χ1v) is 4.99. The molecule has 0 amide bonds. The number of nitrogens with zero attached hydrogens (tertiary/aromatic N) is 3. The van der Waals surface area contributed by atoms with E-state index in [0.717, 1.165) is 5.56 Å². The molecule has 0 fully saturated rings. The van der Waals surface area contributed by atoms with E-state index >= 15 is 0 Å². The standard InChI is InChI=1S/C11H9F3N4/c1-6-2-7(4-16-3-6)8-5-17-10(15)9(18-8)11(12,13)14/h2-5H,1H3,(H2,15,17). The third kappa shape index (κ3) is 2.39. The van der Waals surface area contributed by atoms with Crippen molar-refractivity contribution in [2.24, 2.45) is 0 Å². The Morgan fingerprint density at radius 3 is 2.50 bits per heavy atom. The fourth-order valence-corrected chi connectivity index (χ4v) is 1.44. The topological polar surface area (TPSA) is 64.7 Å². The quantitative estimate of drug-likeness (QED) is 0.848.